The molecule has 0 bridgehead atoms. The van der Waals surface area contributed by atoms with Gasteiger partial charge in [0.05, 0.1) is 29.7 Å². The van der Waals surface area contributed by atoms with Crippen LogP contribution in [0.25, 0.3) is 10.1 Å². The normalized spacial score (nSPS) is 12.1. The summed E-state index contributed by atoms with van der Waals surface area (Å²) in [6.45, 7) is 1.22. The highest BCUT2D eigenvalue weighted by Gasteiger charge is 2.35. The average Bonchev–Trinajstić information content (AvgIpc) is 3.18. The van der Waals surface area contributed by atoms with Gasteiger partial charge in [-0.25, -0.2) is 17.6 Å². The number of alkyl halides is 3. The van der Waals surface area contributed by atoms with Crippen molar-refractivity contribution >= 4 is 42.4 Å². The molecule has 0 aliphatic rings. The second kappa shape index (κ2) is 9.55. The van der Waals surface area contributed by atoms with E-state index in [0.29, 0.717) is 17.7 Å². The molecule has 4 rings (SSSR count). The van der Waals surface area contributed by atoms with E-state index in [9.17, 15) is 30.8 Å². The number of benzene rings is 3. The van der Waals surface area contributed by atoms with Crippen LogP contribution in [-0.4, -0.2) is 21.5 Å². The maximum absolute atomic E-state index is 13.9. The molecule has 0 spiro atoms. The van der Waals surface area contributed by atoms with Crippen LogP contribution in [0.1, 0.15) is 27.0 Å². The zero-order valence-electron chi connectivity index (χ0n) is 19.0. The van der Waals surface area contributed by atoms with Crippen LogP contribution in [0.5, 0.6) is 0 Å². The summed E-state index contributed by atoms with van der Waals surface area (Å²) in [6.07, 6.45) is -4.95. The number of carbonyl (C=O) groups is 1. The summed E-state index contributed by atoms with van der Waals surface area (Å²) in [7, 11) is -3.23. The van der Waals surface area contributed by atoms with Crippen molar-refractivity contribution in [3.63, 3.8) is 0 Å². The monoisotopic (exact) mass is 537 g/mol. The molecule has 0 atom stereocenters. The second-order valence-corrected chi connectivity index (χ2v) is 10.8. The summed E-state index contributed by atoms with van der Waals surface area (Å²) in [5, 5.41) is 1.08. The largest absolute Gasteiger partial charge is 0.465 e. The Kier molecular flexibility index (Phi) is 6.80. The number of anilines is 1. The van der Waals surface area contributed by atoms with Crippen LogP contribution < -0.4 is 4.31 Å². The lowest BCUT2D eigenvalue weighted by Crippen LogP contribution is -2.30. The Morgan fingerprint density at radius 1 is 1.03 bits per heavy atom. The first-order valence-corrected chi connectivity index (χ1v) is 12.7. The molecule has 1 heterocycles. The SMILES string of the molecule is COC(=O)c1cccc(S(=O)(=O)N(Cc2ccc(F)c(C(F)(F)F)c2)c2sc3ccccc3c2C)c1. The molecule has 0 fully saturated rings. The number of fused-ring (bicyclic) bond motifs is 1. The predicted octanol–water partition coefficient (Wildman–Crippen LogP) is 6.55. The third-order valence-corrected chi connectivity index (χ3v) is 8.70. The minimum atomic E-state index is -4.95. The zero-order valence-corrected chi connectivity index (χ0v) is 20.6. The molecule has 0 saturated carbocycles. The van der Waals surface area contributed by atoms with Crippen molar-refractivity contribution in [1.82, 2.24) is 0 Å². The Balaban J connectivity index is 1.89. The molecule has 4 aromatic rings. The van der Waals surface area contributed by atoms with E-state index in [4.69, 9.17) is 0 Å². The summed E-state index contributed by atoms with van der Waals surface area (Å²) in [5.41, 5.74) is -0.944. The molecule has 188 valence electrons. The molecule has 1 aromatic heterocycles. The van der Waals surface area contributed by atoms with Gasteiger partial charge in [-0.3, -0.25) is 4.31 Å². The zero-order chi connectivity index (χ0) is 26.3. The number of halogens is 4. The standard InChI is InChI=1S/C25H19F4NO4S2/c1-15-19-8-3-4-9-22(19)35-23(15)30(14-16-10-11-21(26)20(12-16)25(27,28)29)36(32,33)18-7-5-6-17(13-18)24(31)34-2/h3-13H,14H2,1-2H3. The van der Waals surface area contributed by atoms with Gasteiger partial charge in [-0.1, -0.05) is 30.3 Å². The van der Waals surface area contributed by atoms with E-state index < -0.39 is 40.1 Å². The molecule has 0 saturated heterocycles. The molecule has 11 heteroatoms. The Bertz CT molecular complexity index is 1560. The fourth-order valence-corrected chi connectivity index (χ4v) is 6.72. The number of sulfonamides is 1. The highest BCUT2D eigenvalue weighted by molar-refractivity contribution is 7.93. The minimum absolute atomic E-state index is 0.00673. The topological polar surface area (TPSA) is 63.7 Å². The number of carbonyl (C=O) groups excluding carboxylic acids is 1. The fraction of sp³-hybridized carbons (Fsp3) is 0.160. The van der Waals surface area contributed by atoms with Crippen LogP contribution in [0.4, 0.5) is 22.6 Å². The quantitative estimate of drug-likeness (QED) is 0.207. The van der Waals surface area contributed by atoms with Crippen molar-refractivity contribution in [2.75, 3.05) is 11.4 Å². The number of methoxy groups -OCH3 is 1. The molecule has 3 aromatic carbocycles. The van der Waals surface area contributed by atoms with Gasteiger partial charge in [0, 0.05) is 4.70 Å². The van der Waals surface area contributed by atoms with Gasteiger partial charge in [0.1, 0.15) is 10.8 Å². The molecular weight excluding hydrogens is 518 g/mol. The van der Waals surface area contributed by atoms with Crippen molar-refractivity contribution in [2.24, 2.45) is 0 Å². The molecule has 0 amide bonds. The Morgan fingerprint density at radius 2 is 1.75 bits per heavy atom. The van der Waals surface area contributed by atoms with Crippen LogP contribution in [0.15, 0.2) is 71.6 Å². The Labute approximate surface area is 208 Å². The molecular formula is C25H19F4NO4S2. The van der Waals surface area contributed by atoms with E-state index in [2.05, 4.69) is 4.74 Å². The van der Waals surface area contributed by atoms with Crippen molar-refractivity contribution in [1.29, 1.82) is 0 Å². The first-order valence-electron chi connectivity index (χ1n) is 10.5. The highest BCUT2D eigenvalue weighted by Crippen LogP contribution is 2.41. The van der Waals surface area contributed by atoms with Crippen molar-refractivity contribution in [3.05, 3.63) is 94.8 Å². The van der Waals surface area contributed by atoms with Crippen LogP contribution in [0.2, 0.25) is 0 Å². The number of hydrogen-bond donors (Lipinski definition) is 0. The van der Waals surface area contributed by atoms with Gasteiger partial charge < -0.3 is 4.74 Å². The van der Waals surface area contributed by atoms with Crippen LogP contribution in [0.3, 0.4) is 0 Å². The lowest BCUT2D eigenvalue weighted by molar-refractivity contribution is -0.140. The fourth-order valence-electron chi connectivity index (χ4n) is 3.75. The second-order valence-electron chi connectivity index (χ2n) is 7.87. The van der Waals surface area contributed by atoms with Gasteiger partial charge in [0.15, 0.2) is 0 Å². The molecule has 0 radical (unpaired) electrons. The van der Waals surface area contributed by atoms with E-state index in [1.165, 1.54) is 18.2 Å². The molecule has 36 heavy (non-hydrogen) atoms. The average molecular weight is 538 g/mol. The Hall–Kier alpha value is -3.44. The highest BCUT2D eigenvalue weighted by atomic mass is 32.2. The lowest BCUT2D eigenvalue weighted by Gasteiger charge is -2.25. The first kappa shape index (κ1) is 25.6. The molecule has 0 N–H and O–H groups in total. The maximum Gasteiger partial charge on any atom is 0.419 e. The summed E-state index contributed by atoms with van der Waals surface area (Å²) in [5.74, 6) is -2.20. The number of hydrogen-bond acceptors (Lipinski definition) is 5. The summed E-state index contributed by atoms with van der Waals surface area (Å²) >= 11 is 1.16. The van der Waals surface area contributed by atoms with E-state index in [1.54, 1.807) is 25.1 Å². The third kappa shape index (κ3) is 4.80. The van der Waals surface area contributed by atoms with Gasteiger partial charge in [-0.05, 0) is 59.8 Å². The third-order valence-electron chi connectivity index (χ3n) is 5.55. The van der Waals surface area contributed by atoms with Crippen molar-refractivity contribution < 1.29 is 35.5 Å². The number of esters is 1. The molecule has 0 aliphatic heterocycles. The van der Waals surface area contributed by atoms with Gasteiger partial charge in [0.2, 0.25) is 0 Å². The summed E-state index contributed by atoms with van der Waals surface area (Å²) in [4.78, 5) is 11.7. The number of thiophene rings is 1. The molecule has 5 nitrogen and oxygen atoms in total. The van der Waals surface area contributed by atoms with Crippen LogP contribution >= 0.6 is 11.3 Å². The van der Waals surface area contributed by atoms with Gasteiger partial charge in [0.25, 0.3) is 10.0 Å². The van der Waals surface area contributed by atoms with Crippen LogP contribution in [0, 0.1) is 12.7 Å². The van der Waals surface area contributed by atoms with Gasteiger partial charge in [-0.15, -0.1) is 11.3 Å². The molecule has 0 aliphatic carbocycles. The van der Waals surface area contributed by atoms with E-state index in [0.717, 1.165) is 45.0 Å². The van der Waals surface area contributed by atoms with Crippen LogP contribution in [-0.2, 0) is 27.5 Å². The van der Waals surface area contributed by atoms with E-state index >= 15 is 0 Å². The van der Waals surface area contributed by atoms with Crippen molar-refractivity contribution in [3.8, 4) is 0 Å². The maximum atomic E-state index is 13.9. The number of ether oxygens (including phenoxy) is 1. The van der Waals surface area contributed by atoms with Crippen molar-refractivity contribution in [2.45, 2.75) is 24.5 Å². The van der Waals surface area contributed by atoms with Gasteiger partial charge in [-0.2, -0.15) is 13.2 Å². The number of nitrogens with zero attached hydrogens (tertiary/aromatic N) is 1. The number of rotatable bonds is 6. The number of aryl methyl sites for hydroxylation is 1. The lowest BCUT2D eigenvalue weighted by atomic mass is 10.1. The summed E-state index contributed by atoms with van der Waals surface area (Å²) in [6, 6.07) is 14.8. The first-order chi connectivity index (χ1) is 16.9. The van der Waals surface area contributed by atoms with Gasteiger partial charge >= 0.3 is 12.1 Å². The minimum Gasteiger partial charge on any atom is -0.465 e. The predicted molar refractivity (Wildman–Crippen MR) is 129 cm³/mol. The summed E-state index contributed by atoms with van der Waals surface area (Å²) < 4.78 is 88.0. The van der Waals surface area contributed by atoms with E-state index in [-0.39, 0.29) is 21.0 Å². The molecule has 0 unspecified atom stereocenters. The smallest absolute Gasteiger partial charge is 0.419 e. The van der Waals surface area contributed by atoms with E-state index in [1.807, 2.05) is 6.07 Å². The Morgan fingerprint density at radius 3 is 2.42 bits per heavy atom.